The Kier molecular flexibility index (Phi) is 10.1. The van der Waals surface area contributed by atoms with Crippen molar-refractivity contribution in [3.63, 3.8) is 0 Å². The van der Waals surface area contributed by atoms with Crippen molar-refractivity contribution in [2.75, 3.05) is 32.2 Å². The first-order chi connectivity index (χ1) is 23.6. The Morgan fingerprint density at radius 2 is 1.82 bits per heavy atom. The monoisotopic (exact) mass is 683 g/mol. The number of methoxy groups -OCH3 is 1. The van der Waals surface area contributed by atoms with Crippen LogP contribution in [0.15, 0.2) is 78.2 Å². The molecular weight excluding hydrogens is 645 g/mol. The van der Waals surface area contributed by atoms with Crippen molar-refractivity contribution < 1.29 is 32.9 Å². The zero-order valence-corrected chi connectivity index (χ0v) is 28.7. The number of halogens is 1. The van der Waals surface area contributed by atoms with E-state index in [1.807, 2.05) is 74.7 Å². The van der Waals surface area contributed by atoms with Crippen LogP contribution in [0.4, 0.5) is 19.8 Å². The highest BCUT2D eigenvalue weighted by molar-refractivity contribution is 7.18. The lowest BCUT2D eigenvalue weighted by Gasteiger charge is -2.31. The molecule has 0 saturated heterocycles. The fraction of sp³-hybridized carbons (Fsp3) is 0.289. The molecule has 0 bridgehead atoms. The largest absolute Gasteiger partial charge is 0.490 e. The van der Waals surface area contributed by atoms with Crippen LogP contribution in [0.25, 0.3) is 32.5 Å². The van der Waals surface area contributed by atoms with Gasteiger partial charge in [-0.05, 0) is 73.5 Å². The number of carbonyl (C=O) groups is 2. The Morgan fingerprint density at radius 1 is 1.00 bits per heavy atom. The fourth-order valence-corrected chi connectivity index (χ4v) is 6.64. The highest BCUT2D eigenvalue weighted by Gasteiger charge is 2.27. The van der Waals surface area contributed by atoms with E-state index in [0.29, 0.717) is 48.7 Å². The average Bonchev–Trinajstić information content (AvgIpc) is 3.57. The summed E-state index contributed by atoms with van der Waals surface area (Å²) in [5.74, 6) is 0.0876. The minimum Gasteiger partial charge on any atom is -0.490 e. The van der Waals surface area contributed by atoms with Crippen molar-refractivity contribution in [1.82, 2.24) is 9.88 Å². The van der Waals surface area contributed by atoms with Gasteiger partial charge in [-0.25, -0.2) is 19.0 Å². The molecule has 0 aliphatic carbocycles. The van der Waals surface area contributed by atoms with Gasteiger partial charge in [-0.2, -0.15) is 0 Å². The molecule has 0 radical (unpaired) electrons. The van der Waals surface area contributed by atoms with E-state index < -0.39 is 17.5 Å². The number of amides is 2. The molecule has 11 heteroatoms. The molecule has 5 aromatic rings. The summed E-state index contributed by atoms with van der Waals surface area (Å²) in [4.78, 5) is 32.8. The molecule has 9 nitrogen and oxygen atoms in total. The van der Waals surface area contributed by atoms with Crippen molar-refractivity contribution >= 4 is 39.4 Å². The summed E-state index contributed by atoms with van der Waals surface area (Å²) in [5, 5.41) is 5.71. The number of benzene rings is 3. The third kappa shape index (κ3) is 8.01. The van der Waals surface area contributed by atoms with E-state index in [4.69, 9.17) is 23.9 Å². The second kappa shape index (κ2) is 14.6. The maximum Gasteiger partial charge on any atom is 0.413 e. The molecule has 49 heavy (non-hydrogen) atoms. The summed E-state index contributed by atoms with van der Waals surface area (Å²) in [6.07, 6.45) is -0.362. The predicted octanol–water partition coefficient (Wildman–Crippen LogP) is 8.84. The van der Waals surface area contributed by atoms with Crippen LogP contribution in [0.5, 0.6) is 5.75 Å². The SMILES string of the molecule is COCCOc1cc(F)ccc1-c1c(NC(=O)OCc2ccccc2)nc(-c2ccc3c(c2)CCN(C(=O)OC(C)(C)C)C3)c2ccsc12. The first-order valence-electron chi connectivity index (χ1n) is 16.0. The number of fused-ring (bicyclic) bond motifs is 2. The first kappa shape index (κ1) is 33.9. The van der Waals surface area contributed by atoms with Crippen LogP contribution >= 0.6 is 11.3 Å². The zero-order valence-electron chi connectivity index (χ0n) is 27.9. The minimum atomic E-state index is -0.684. The number of anilines is 1. The number of nitrogens with zero attached hydrogens (tertiary/aromatic N) is 2. The van der Waals surface area contributed by atoms with Crippen molar-refractivity contribution in [3.8, 4) is 28.1 Å². The summed E-state index contributed by atoms with van der Waals surface area (Å²) >= 11 is 1.48. The first-order valence-corrected chi connectivity index (χ1v) is 16.9. The lowest BCUT2D eigenvalue weighted by Crippen LogP contribution is -2.39. The molecule has 1 aliphatic heterocycles. The van der Waals surface area contributed by atoms with Crippen LogP contribution in [0.2, 0.25) is 0 Å². The lowest BCUT2D eigenvalue weighted by molar-refractivity contribution is 0.0224. The molecule has 2 aromatic heterocycles. The van der Waals surface area contributed by atoms with E-state index in [1.165, 1.54) is 23.5 Å². The molecule has 6 rings (SSSR count). The number of rotatable bonds is 9. The van der Waals surface area contributed by atoms with Gasteiger partial charge in [-0.15, -0.1) is 11.3 Å². The molecule has 1 aliphatic rings. The summed E-state index contributed by atoms with van der Waals surface area (Å²) < 4.78 is 37.7. The van der Waals surface area contributed by atoms with E-state index in [9.17, 15) is 14.0 Å². The Morgan fingerprint density at radius 3 is 2.59 bits per heavy atom. The second-order valence-corrected chi connectivity index (χ2v) is 13.6. The quantitative estimate of drug-likeness (QED) is 0.155. The standard InChI is InChI=1S/C38H38FN3O6S/c1-38(2,3)48-37(44)42-16-14-25-20-26(10-11-27(25)22-42)33-30-15-19-49-34(30)32(29-13-12-28(39)21-31(29)46-18-17-45-4)35(40-33)41-36(43)47-23-24-8-6-5-7-9-24/h5-13,15,19-21H,14,16-18,22-23H2,1-4H3,(H,40,41,43). The number of pyridine rings is 1. The maximum atomic E-state index is 14.5. The van der Waals surface area contributed by atoms with E-state index >= 15 is 0 Å². The van der Waals surface area contributed by atoms with E-state index in [1.54, 1.807) is 18.1 Å². The molecule has 2 amide bonds. The van der Waals surface area contributed by atoms with Crippen LogP contribution in [0, 0.1) is 5.82 Å². The molecule has 0 unspecified atom stereocenters. The number of hydrogen-bond donors (Lipinski definition) is 1. The third-order valence-electron chi connectivity index (χ3n) is 7.94. The molecule has 3 aromatic carbocycles. The molecule has 0 atom stereocenters. The van der Waals surface area contributed by atoms with E-state index in [2.05, 4.69) is 11.4 Å². The van der Waals surface area contributed by atoms with Gasteiger partial charge in [0.15, 0.2) is 0 Å². The number of hydrogen-bond acceptors (Lipinski definition) is 8. The van der Waals surface area contributed by atoms with Gasteiger partial charge >= 0.3 is 12.2 Å². The van der Waals surface area contributed by atoms with Gasteiger partial charge < -0.3 is 23.8 Å². The lowest BCUT2D eigenvalue weighted by atomic mass is 9.94. The molecule has 254 valence electrons. The van der Waals surface area contributed by atoms with E-state index in [-0.39, 0.29) is 25.1 Å². The number of carbonyl (C=O) groups excluding carboxylic acids is 2. The Bertz CT molecular complexity index is 1970. The fourth-order valence-electron chi connectivity index (χ4n) is 5.68. The van der Waals surface area contributed by atoms with Crippen LogP contribution in [0.1, 0.15) is 37.5 Å². The highest BCUT2D eigenvalue weighted by atomic mass is 32.1. The van der Waals surface area contributed by atoms with E-state index in [0.717, 1.165) is 32.3 Å². The van der Waals surface area contributed by atoms with Gasteiger partial charge in [0.1, 0.15) is 36.2 Å². The Labute approximate surface area is 288 Å². The summed E-state index contributed by atoms with van der Waals surface area (Å²) in [6.45, 7) is 7.13. The molecular formula is C38H38FN3O6S. The van der Waals surface area contributed by atoms with Crippen molar-refractivity contribution in [1.29, 1.82) is 0 Å². The molecule has 0 spiro atoms. The molecule has 0 fully saturated rings. The summed E-state index contributed by atoms with van der Waals surface area (Å²) in [5.41, 5.74) is 5.08. The van der Waals surface area contributed by atoms with Gasteiger partial charge in [0, 0.05) is 53.0 Å². The number of nitrogens with one attached hydrogen (secondary N) is 1. The van der Waals surface area contributed by atoms with Crippen molar-refractivity contribution in [2.45, 2.75) is 45.9 Å². The average molecular weight is 684 g/mol. The van der Waals surface area contributed by atoms with Gasteiger partial charge in [-0.3, -0.25) is 5.32 Å². The number of ether oxygens (including phenoxy) is 4. The minimum absolute atomic E-state index is 0.0726. The zero-order chi connectivity index (χ0) is 34.5. The van der Waals surface area contributed by atoms with Crippen LogP contribution in [0.3, 0.4) is 0 Å². The molecule has 0 saturated carbocycles. The van der Waals surface area contributed by atoms with Crippen LogP contribution in [-0.2, 0) is 33.8 Å². The van der Waals surface area contributed by atoms with Gasteiger partial charge in [-0.1, -0.05) is 42.5 Å². The Balaban J connectivity index is 1.40. The molecule has 1 N–H and O–H groups in total. The number of aromatic nitrogens is 1. The Hall–Kier alpha value is -5.00. The smallest absolute Gasteiger partial charge is 0.413 e. The predicted molar refractivity (Wildman–Crippen MR) is 188 cm³/mol. The number of thiophene rings is 1. The van der Waals surface area contributed by atoms with Crippen molar-refractivity contribution in [3.05, 3.63) is 101 Å². The highest BCUT2D eigenvalue weighted by Crippen LogP contribution is 2.45. The second-order valence-electron chi connectivity index (χ2n) is 12.7. The molecule has 3 heterocycles. The van der Waals surface area contributed by atoms with Gasteiger partial charge in [0.25, 0.3) is 0 Å². The maximum absolute atomic E-state index is 14.5. The topological polar surface area (TPSA) is 99.2 Å². The third-order valence-corrected chi connectivity index (χ3v) is 8.87. The van der Waals surface area contributed by atoms with Gasteiger partial charge in [0.05, 0.1) is 12.3 Å². The normalized spacial score (nSPS) is 12.8. The van der Waals surface area contributed by atoms with Gasteiger partial charge in [0.2, 0.25) is 0 Å². The van der Waals surface area contributed by atoms with Crippen LogP contribution in [-0.4, -0.2) is 54.5 Å². The summed E-state index contributed by atoms with van der Waals surface area (Å²) in [6, 6.07) is 21.8. The van der Waals surface area contributed by atoms with Crippen molar-refractivity contribution in [2.24, 2.45) is 0 Å². The summed E-state index contributed by atoms with van der Waals surface area (Å²) in [7, 11) is 1.56. The van der Waals surface area contributed by atoms with Crippen LogP contribution < -0.4 is 10.1 Å².